The maximum Gasteiger partial charge on any atom is 0.315 e. The molecule has 1 heterocycles. The molecule has 3 N–H and O–H groups in total. The molecule has 0 aromatic carbocycles. The average Bonchev–Trinajstić information content (AvgIpc) is 2.88. The number of nitrogens with one attached hydrogen (secondary N) is 2. The molecular weight excluding hydrogens is 288 g/mol. The van der Waals surface area contributed by atoms with Crippen LogP contribution in [-0.2, 0) is 4.79 Å². The number of carbonyl (C=O) groups is 2. The fraction of sp³-hybridized carbons (Fsp3) is 0.600. The molecule has 1 aromatic heterocycles. The van der Waals surface area contributed by atoms with Crippen LogP contribution in [0.5, 0.6) is 0 Å². The minimum Gasteiger partial charge on any atom is -0.481 e. The molecule has 1 aromatic rings. The van der Waals surface area contributed by atoms with Crippen molar-refractivity contribution in [3.63, 3.8) is 0 Å². The fourth-order valence-corrected chi connectivity index (χ4v) is 3.02. The Morgan fingerprint density at radius 1 is 1.29 bits per heavy atom. The van der Waals surface area contributed by atoms with Crippen LogP contribution in [0.25, 0.3) is 0 Å². The highest BCUT2D eigenvalue weighted by Gasteiger charge is 2.19. The zero-order valence-electron chi connectivity index (χ0n) is 12.8. The van der Waals surface area contributed by atoms with Crippen LogP contribution in [0.15, 0.2) is 17.5 Å². The molecule has 118 valence electrons. The van der Waals surface area contributed by atoms with E-state index in [9.17, 15) is 9.59 Å². The molecule has 21 heavy (non-hydrogen) atoms. The molecule has 2 atom stereocenters. The van der Waals surface area contributed by atoms with Crippen LogP contribution >= 0.6 is 11.3 Å². The van der Waals surface area contributed by atoms with Crippen LogP contribution in [0.4, 0.5) is 4.79 Å². The minimum absolute atomic E-state index is 0.00350. The first-order chi connectivity index (χ1) is 9.90. The van der Waals surface area contributed by atoms with Gasteiger partial charge in [-0.3, -0.25) is 4.79 Å². The van der Waals surface area contributed by atoms with Gasteiger partial charge in [-0.05, 0) is 37.1 Å². The summed E-state index contributed by atoms with van der Waals surface area (Å²) in [5, 5.41) is 16.4. The summed E-state index contributed by atoms with van der Waals surface area (Å²) in [6.07, 6.45) is 1.36. The maximum atomic E-state index is 12.0. The highest BCUT2D eigenvalue weighted by molar-refractivity contribution is 7.10. The number of carboxylic acid groups (broad SMARTS) is 1. The van der Waals surface area contributed by atoms with Gasteiger partial charge in [-0.1, -0.05) is 19.9 Å². The lowest BCUT2D eigenvalue weighted by Gasteiger charge is -2.23. The number of amides is 2. The first-order valence-corrected chi connectivity index (χ1v) is 8.10. The molecule has 2 unspecified atom stereocenters. The van der Waals surface area contributed by atoms with Crippen molar-refractivity contribution >= 4 is 23.3 Å². The predicted octanol–water partition coefficient (Wildman–Crippen LogP) is 3.39. The van der Waals surface area contributed by atoms with Gasteiger partial charge in [0, 0.05) is 17.3 Å². The Kier molecular flexibility index (Phi) is 7.22. The smallest absolute Gasteiger partial charge is 0.315 e. The lowest BCUT2D eigenvalue weighted by molar-refractivity contribution is -0.137. The van der Waals surface area contributed by atoms with E-state index >= 15 is 0 Å². The van der Waals surface area contributed by atoms with Gasteiger partial charge in [0.15, 0.2) is 0 Å². The van der Waals surface area contributed by atoms with E-state index in [0.717, 1.165) is 4.88 Å². The first-order valence-electron chi connectivity index (χ1n) is 7.22. The molecule has 0 fully saturated rings. The van der Waals surface area contributed by atoms with Crippen molar-refractivity contribution in [3.05, 3.63) is 22.4 Å². The number of aliphatic carboxylic acids is 1. The fourth-order valence-electron chi connectivity index (χ4n) is 2.07. The normalized spacial score (nSPS) is 13.7. The third-order valence-corrected chi connectivity index (χ3v) is 4.16. The quantitative estimate of drug-likeness (QED) is 0.688. The lowest BCUT2D eigenvalue weighted by Crippen LogP contribution is -2.43. The van der Waals surface area contributed by atoms with Crippen LogP contribution in [0.2, 0.25) is 0 Å². The Bertz CT molecular complexity index is 446. The Morgan fingerprint density at radius 2 is 2.00 bits per heavy atom. The van der Waals surface area contributed by atoms with Crippen LogP contribution in [0.1, 0.15) is 51.0 Å². The zero-order chi connectivity index (χ0) is 15.8. The Labute approximate surface area is 129 Å². The number of urea groups is 1. The zero-order valence-corrected chi connectivity index (χ0v) is 13.6. The Morgan fingerprint density at radius 3 is 2.52 bits per heavy atom. The molecule has 0 saturated heterocycles. The number of carboxylic acids is 1. The summed E-state index contributed by atoms with van der Waals surface area (Å²) >= 11 is 1.63. The van der Waals surface area contributed by atoms with Crippen LogP contribution < -0.4 is 10.6 Å². The molecule has 0 aliphatic carbocycles. The van der Waals surface area contributed by atoms with Gasteiger partial charge >= 0.3 is 12.0 Å². The average molecular weight is 312 g/mol. The molecule has 2 amide bonds. The van der Waals surface area contributed by atoms with Gasteiger partial charge < -0.3 is 15.7 Å². The van der Waals surface area contributed by atoms with Crippen molar-refractivity contribution in [2.24, 2.45) is 5.92 Å². The van der Waals surface area contributed by atoms with E-state index in [1.165, 1.54) is 0 Å². The standard InChI is InChI=1S/C15H24N2O3S/c1-10(2)14(12-7-5-9-21-12)17-15(20)16-11(3)6-4-8-13(18)19/h5,7,9-11,14H,4,6,8H2,1-3H3,(H,18,19)(H2,16,17,20). The lowest BCUT2D eigenvalue weighted by atomic mass is 10.0. The number of rotatable bonds is 8. The Hall–Kier alpha value is -1.56. The van der Waals surface area contributed by atoms with E-state index < -0.39 is 5.97 Å². The Balaban J connectivity index is 2.42. The third kappa shape index (κ3) is 6.62. The van der Waals surface area contributed by atoms with Gasteiger partial charge in [0.05, 0.1) is 6.04 Å². The number of carbonyl (C=O) groups excluding carboxylic acids is 1. The first kappa shape index (κ1) is 17.5. The van der Waals surface area contributed by atoms with Crippen molar-refractivity contribution in [3.8, 4) is 0 Å². The predicted molar refractivity (Wildman–Crippen MR) is 84.5 cm³/mol. The second kappa shape index (κ2) is 8.67. The molecule has 6 heteroatoms. The van der Waals surface area contributed by atoms with Gasteiger partial charge in [0.25, 0.3) is 0 Å². The van der Waals surface area contributed by atoms with Gasteiger partial charge in [-0.25, -0.2) is 4.79 Å². The number of hydrogen-bond acceptors (Lipinski definition) is 3. The summed E-state index contributed by atoms with van der Waals surface area (Å²) in [4.78, 5) is 23.6. The van der Waals surface area contributed by atoms with Crippen molar-refractivity contribution in [2.45, 2.75) is 52.1 Å². The van der Waals surface area contributed by atoms with E-state index in [2.05, 4.69) is 24.5 Å². The van der Waals surface area contributed by atoms with Gasteiger partial charge in [-0.2, -0.15) is 0 Å². The highest BCUT2D eigenvalue weighted by Crippen LogP contribution is 2.25. The summed E-state index contributed by atoms with van der Waals surface area (Å²) in [6, 6.07) is 3.75. The molecule has 0 saturated carbocycles. The van der Waals surface area contributed by atoms with E-state index in [4.69, 9.17) is 5.11 Å². The summed E-state index contributed by atoms with van der Waals surface area (Å²) < 4.78 is 0. The molecule has 5 nitrogen and oxygen atoms in total. The minimum atomic E-state index is -0.802. The molecule has 0 aliphatic heterocycles. The van der Waals surface area contributed by atoms with Crippen molar-refractivity contribution in [1.29, 1.82) is 0 Å². The molecular formula is C15H24N2O3S. The third-order valence-electron chi connectivity index (χ3n) is 3.21. The number of thiophene rings is 1. The molecule has 0 aliphatic rings. The van der Waals surface area contributed by atoms with E-state index in [1.807, 2.05) is 24.4 Å². The van der Waals surface area contributed by atoms with Gasteiger partial charge in [0.1, 0.15) is 0 Å². The summed E-state index contributed by atoms with van der Waals surface area (Å²) in [6.45, 7) is 6.03. The van der Waals surface area contributed by atoms with Gasteiger partial charge in [0.2, 0.25) is 0 Å². The summed E-state index contributed by atoms with van der Waals surface area (Å²) in [7, 11) is 0. The highest BCUT2D eigenvalue weighted by atomic mass is 32.1. The maximum absolute atomic E-state index is 12.0. The largest absolute Gasteiger partial charge is 0.481 e. The van der Waals surface area contributed by atoms with E-state index in [-0.39, 0.29) is 24.5 Å². The van der Waals surface area contributed by atoms with E-state index in [1.54, 1.807) is 11.3 Å². The SMILES string of the molecule is CC(CCCC(=O)O)NC(=O)NC(c1cccs1)C(C)C. The van der Waals surface area contributed by atoms with Crippen molar-refractivity contribution in [2.75, 3.05) is 0 Å². The molecule has 0 radical (unpaired) electrons. The topological polar surface area (TPSA) is 78.4 Å². The summed E-state index contributed by atoms with van der Waals surface area (Å²) in [5.74, 6) is -0.499. The van der Waals surface area contributed by atoms with Crippen LogP contribution in [0.3, 0.4) is 0 Å². The number of hydrogen-bond donors (Lipinski definition) is 3. The second-order valence-corrected chi connectivity index (χ2v) is 6.52. The van der Waals surface area contributed by atoms with Gasteiger partial charge in [-0.15, -0.1) is 11.3 Å². The molecule has 0 spiro atoms. The molecule has 1 rings (SSSR count). The summed E-state index contributed by atoms with van der Waals surface area (Å²) in [5.41, 5.74) is 0. The van der Waals surface area contributed by atoms with Crippen LogP contribution in [-0.4, -0.2) is 23.1 Å². The van der Waals surface area contributed by atoms with Crippen molar-refractivity contribution < 1.29 is 14.7 Å². The second-order valence-electron chi connectivity index (χ2n) is 5.54. The molecule has 0 bridgehead atoms. The van der Waals surface area contributed by atoms with Crippen LogP contribution in [0, 0.1) is 5.92 Å². The van der Waals surface area contributed by atoms with E-state index in [0.29, 0.717) is 18.8 Å². The monoisotopic (exact) mass is 312 g/mol. The van der Waals surface area contributed by atoms with Crippen molar-refractivity contribution in [1.82, 2.24) is 10.6 Å².